The van der Waals surface area contributed by atoms with E-state index in [-0.39, 0.29) is 11.5 Å². The first kappa shape index (κ1) is 18.7. The molecule has 3 rings (SSSR count). The van der Waals surface area contributed by atoms with Gasteiger partial charge in [0.25, 0.3) is 5.91 Å². The monoisotopic (exact) mass is 382 g/mol. The van der Waals surface area contributed by atoms with Crippen molar-refractivity contribution in [3.63, 3.8) is 0 Å². The molecule has 0 saturated carbocycles. The molecule has 1 amide bonds. The third-order valence-electron chi connectivity index (χ3n) is 3.98. The van der Waals surface area contributed by atoms with Crippen molar-refractivity contribution < 1.29 is 19.4 Å². The number of carboxylic acids is 1. The number of methoxy groups -OCH3 is 1. The van der Waals surface area contributed by atoms with Crippen LogP contribution in [0.5, 0.6) is 5.75 Å². The summed E-state index contributed by atoms with van der Waals surface area (Å²) in [6.07, 6.45) is 1.76. The van der Waals surface area contributed by atoms with Gasteiger partial charge in [0.15, 0.2) is 5.17 Å². The normalized spacial score (nSPS) is 17.0. The van der Waals surface area contributed by atoms with E-state index in [1.165, 1.54) is 22.7 Å². The molecule has 1 N–H and O–H groups in total. The van der Waals surface area contributed by atoms with E-state index in [0.717, 1.165) is 5.56 Å². The van der Waals surface area contributed by atoms with E-state index in [4.69, 9.17) is 4.74 Å². The van der Waals surface area contributed by atoms with E-state index in [1.807, 2.05) is 31.2 Å². The Morgan fingerprint density at radius 3 is 2.63 bits per heavy atom. The molecule has 0 unspecified atom stereocenters. The zero-order chi connectivity index (χ0) is 19.4. The van der Waals surface area contributed by atoms with E-state index in [0.29, 0.717) is 28.1 Å². The van der Waals surface area contributed by atoms with Crippen LogP contribution in [0.25, 0.3) is 6.08 Å². The van der Waals surface area contributed by atoms with Gasteiger partial charge < -0.3 is 9.84 Å². The summed E-state index contributed by atoms with van der Waals surface area (Å²) in [5.74, 6) is -0.555. The Hall–Kier alpha value is -3.06. The second-order valence-corrected chi connectivity index (χ2v) is 6.63. The van der Waals surface area contributed by atoms with Crippen molar-refractivity contribution in [1.82, 2.24) is 4.90 Å². The Balaban J connectivity index is 2.01. The highest BCUT2D eigenvalue weighted by Crippen LogP contribution is 2.35. The standard InChI is InChI=1S/C20H18N2O4S/c1-3-22-18(23)17(12-13-8-4-7-11-16(13)26-2)27-20(22)21-15-10-6-5-9-14(15)19(24)25/h4-12H,3H2,1-2H3,(H,24,25)/b17-12-,21-20?. The van der Waals surface area contributed by atoms with Crippen LogP contribution in [0.15, 0.2) is 58.4 Å². The number of aliphatic imine (C=N–C) groups is 1. The maximum Gasteiger partial charge on any atom is 0.337 e. The number of carbonyl (C=O) groups excluding carboxylic acids is 1. The van der Waals surface area contributed by atoms with Crippen LogP contribution in [0.3, 0.4) is 0 Å². The molecule has 1 aliphatic rings. The number of hydrogen-bond donors (Lipinski definition) is 1. The Morgan fingerprint density at radius 1 is 1.22 bits per heavy atom. The van der Waals surface area contributed by atoms with Crippen LogP contribution in [0.4, 0.5) is 5.69 Å². The predicted molar refractivity (Wildman–Crippen MR) is 106 cm³/mol. The number of carbonyl (C=O) groups is 2. The first-order chi connectivity index (χ1) is 13.0. The molecular formula is C20H18N2O4S. The van der Waals surface area contributed by atoms with Crippen molar-refractivity contribution in [1.29, 1.82) is 0 Å². The van der Waals surface area contributed by atoms with Crippen LogP contribution in [-0.4, -0.2) is 40.7 Å². The zero-order valence-electron chi connectivity index (χ0n) is 14.9. The van der Waals surface area contributed by atoms with Gasteiger partial charge in [-0.25, -0.2) is 9.79 Å². The van der Waals surface area contributed by atoms with Crippen molar-refractivity contribution in [2.75, 3.05) is 13.7 Å². The summed E-state index contributed by atoms with van der Waals surface area (Å²) < 4.78 is 5.33. The molecule has 1 aliphatic heterocycles. The van der Waals surface area contributed by atoms with E-state index >= 15 is 0 Å². The lowest BCUT2D eigenvalue weighted by Crippen LogP contribution is -2.28. The van der Waals surface area contributed by atoms with Gasteiger partial charge in [-0.2, -0.15) is 0 Å². The summed E-state index contributed by atoms with van der Waals surface area (Å²) in [7, 11) is 1.58. The number of thioether (sulfide) groups is 1. The lowest BCUT2D eigenvalue weighted by atomic mass is 10.2. The van der Waals surface area contributed by atoms with Crippen LogP contribution in [-0.2, 0) is 4.79 Å². The second-order valence-electron chi connectivity index (χ2n) is 5.62. The van der Waals surface area contributed by atoms with Crippen LogP contribution >= 0.6 is 11.8 Å². The number of benzene rings is 2. The lowest BCUT2D eigenvalue weighted by molar-refractivity contribution is -0.122. The maximum absolute atomic E-state index is 12.8. The number of para-hydroxylation sites is 2. The summed E-state index contributed by atoms with van der Waals surface area (Å²) >= 11 is 1.22. The number of nitrogens with zero attached hydrogens (tertiary/aromatic N) is 2. The summed E-state index contributed by atoms with van der Waals surface area (Å²) in [6.45, 7) is 2.28. The average molecular weight is 382 g/mol. The van der Waals surface area contributed by atoms with Crippen molar-refractivity contribution in [3.05, 3.63) is 64.6 Å². The number of carboxylic acid groups (broad SMARTS) is 1. The quantitative estimate of drug-likeness (QED) is 0.790. The first-order valence-electron chi connectivity index (χ1n) is 8.30. The van der Waals surface area contributed by atoms with Crippen LogP contribution in [0.2, 0.25) is 0 Å². The molecule has 0 bridgehead atoms. The first-order valence-corrected chi connectivity index (χ1v) is 9.12. The van der Waals surface area contributed by atoms with Crippen LogP contribution in [0, 0.1) is 0 Å². The molecule has 0 radical (unpaired) electrons. The van der Waals surface area contributed by atoms with Crippen molar-refractivity contribution in [2.45, 2.75) is 6.92 Å². The van der Waals surface area contributed by atoms with Gasteiger partial charge >= 0.3 is 5.97 Å². The van der Waals surface area contributed by atoms with E-state index in [9.17, 15) is 14.7 Å². The topological polar surface area (TPSA) is 79.2 Å². The average Bonchev–Trinajstić information content (AvgIpc) is 2.96. The number of hydrogen-bond acceptors (Lipinski definition) is 5. The molecular weight excluding hydrogens is 364 g/mol. The van der Waals surface area contributed by atoms with Crippen molar-refractivity contribution in [2.24, 2.45) is 4.99 Å². The van der Waals surface area contributed by atoms with E-state index in [1.54, 1.807) is 31.4 Å². The molecule has 1 saturated heterocycles. The molecule has 1 fully saturated rings. The number of aromatic carboxylic acids is 1. The van der Waals surface area contributed by atoms with Gasteiger partial charge in [0.05, 0.1) is 23.3 Å². The minimum Gasteiger partial charge on any atom is -0.496 e. The third kappa shape index (κ3) is 3.88. The maximum atomic E-state index is 12.8. The highest BCUT2D eigenvalue weighted by Gasteiger charge is 2.32. The fourth-order valence-electron chi connectivity index (χ4n) is 2.65. The zero-order valence-corrected chi connectivity index (χ0v) is 15.7. The van der Waals surface area contributed by atoms with Gasteiger partial charge in [-0.05, 0) is 43.0 Å². The molecule has 0 aliphatic carbocycles. The molecule has 0 aromatic heterocycles. The summed E-state index contributed by atoms with van der Waals surface area (Å²) in [5.41, 5.74) is 1.20. The van der Waals surface area contributed by atoms with Gasteiger partial charge in [0, 0.05) is 12.1 Å². The Bertz CT molecular complexity index is 953. The third-order valence-corrected chi connectivity index (χ3v) is 4.99. The number of rotatable bonds is 5. The minimum atomic E-state index is -1.06. The fraction of sp³-hybridized carbons (Fsp3) is 0.150. The molecule has 2 aromatic rings. The molecule has 0 atom stereocenters. The molecule has 1 heterocycles. The second kappa shape index (κ2) is 8.09. The molecule has 2 aromatic carbocycles. The Kier molecular flexibility index (Phi) is 5.61. The van der Waals surface area contributed by atoms with Gasteiger partial charge in [0.2, 0.25) is 0 Å². The Morgan fingerprint density at radius 2 is 1.93 bits per heavy atom. The van der Waals surface area contributed by atoms with Crippen molar-refractivity contribution in [3.8, 4) is 5.75 Å². The number of amidine groups is 1. The Labute approximate surface area is 161 Å². The van der Waals surface area contributed by atoms with Crippen LogP contribution in [0.1, 0.15) is 22.8 Å². The number of likely N-dealkylation sites (N-methyl/N-ethyl adjacent to an activating group) is 1. The highest BCUT2D eigenvalue weighted by atomic mass is 32.2. The molecule has 27 heavy (non-hydrogen) atoms. The van der Waals surface area contributed by atoms with E-state index < -0.39 is 5.97 Å². The smallest absolute Gasteiger partial charge is 0.337 e. The van der Waals surface area contributed by atoms with Gasteiger partial charge in [-0.1, -0.05) is 30.3 Å². The van der Waals surface area contributed by atoms with E-state index in [2.05, 4.69) is 4.99 Å². The highest BCUT2D eigenvalue weighted by molar-refractivity contribution is 8.18. The van der Waals surface area contributed by atoms with Crippen molar-refractivity contribution >= 4 is 40.6 Å². The molecule has 138 valence electrons. The number of ether oxygens (including phenoxy) is 1. The van der Waals surface area contributed by atoms with Gasteiger partial charge in [0.1, 0.15) is 5.75 Å². The molecule has 0 spiro atoms. The number of amides is 1. The predicted octanol–water partition coefficient (Wildman–Crippen LogP) is 4.02. The molecule has 7 heteroatoms. The largest absolute Gasteiger partial charge is 0.496 e. The molecule has 6 nitrogen and oxygen atoms in total. The summed E-state index contributed by atoms with van der Waals surface area (Å²) in [6, 6.07) is 13.9. The minimum absolute atomic E-state index is 0.0938. The summed E-state index contributed by atoms with van der Waals surface area (Å²) in [4.78, 5) is 30.7. The van der Waals surface area contributed by atoms with Gasteiger partial charge in [-0.15, -0.1) is 0 Å². The lowest BCUT2D eigenvalue weighted by Gasteiger charge is -2.12. The SMILES string of the molecule is CCN1C(=O)/C(=C/c2ccccc2OC)SC1=Nc1ccccc1C(=O)O. The fourth-order valence-corrected chi connectivity index (χ4v) is 3.70. The summed E-state index contributed by atoms with van der Waals surface area (Å²) in [5, 5.41) is 9.79. The van der Waals surface area contributed by atoms with Crippen LogP contribution < -0.4 is 4.74 Å². The van der Waals surface area contributed by atoms with Gasteiger partial charge in [-0.3, -0.25) is 9.69 Å².